The Hall–Kier alpha value is -6.22. The zero-order chi connectivity index (χ0) is 35.5. The fraction of sp³-hybridized carbons (Fsp3) is 0.0588. The Bertz CT molecular complexity index is 2790. The van der Waals surface area contributed by atoms with E-state index < -0.39 is 0 Å². The van der Waals surface area contributed by atoms with Crippen LogP contribution in [0.2, 0.25) is 0 Å². The molecule has 0 amide bonds. The van der Waals surface area contributed by atoms with Crippen molar-refractivity contribution in [1.82, 2.24) is 0 Å². The molecular weight excluding hydrogens is 659 g/mol. The second-order valence-electron chi connectivity index (χ2n) is 14.6. The zero-order valence-corrected chi connectivity index (χ0v) is 30.6. The Morgan fingerprint density at radius 2 is 0.868 bits per heavy atom. The quantitative estimate of drug-likeness (QED) is 0.167. The lowest BCUT2D eigenvalue weighted by atomic mass is 9.81. The van der Waals surface area contributed by atoms with Gasteiger partial charge in [0.2, 0.25) is 0 Å². The molecule has 1 nitrogen and oxygen atoms in total. The van der Waals surface area contributed by atoms with Gasteiger partial charge in [0.1, 0.15) is 0 Å². The van der Waals surface area contributed by atoms with Gasteiger partial charge >= 0.3 is 0 Å². The minimum absolute atomic E-state index is 0.00914. The Morgan fingerprint density at radius 3 is 1.64 bits per heavy atom. The van der Waals surface area contributed by atoms with Crippen LogP contribution >= 0.6 is 11.3 Å². The standard InChI is InChI=1S/C51H37NS/c1-51(2)47-19-10-9-18-43(47)44-27-24-39(32-48(44)51)36-22-20-35(21-23-36)38-25-28-49-45(31-38)46-33-42(26-29-50(46)53-49)52(40-15-7-4-8-16-40)41-17-11-14-37(30-41)34-12-5-3-6-13-34/h3-33H,1-2H3. The molecule has 252 valence electrons. The van der Waals surface area contributed by atoms with Crippen LogP contribution in [0.4, 0.5) is 17.1 Å². The molecule has 53 heavy (non-hydrogen) atoms. The predicted octanol–water partition coefficient (Wildman–Crippen LogP) is 14.8. The SMILES string of the molecule is CC1(C)c2ccccc2-c2ccc(-c3ccc(-c4ccc5sc6ccc(N(c7ccccc7)c7cccc(-c8ccccc8)c7)cc6c5c4)cc3)cc21. The molecule has 0 radical (unpaired) electrons. The fourth-order valence-electron chi connectivity index (χ4n) is 8.30. The summed E-state index contributed by atoms with van der Waals surface area (Å²) in [5.41, 5.74) is 16.3. The highest BCUT2D eigenvalue weighted by Gasteiger charge is 2.35. The van der Waals surface area contributed by atoms with Crippen molar-refractivity contribution in [1.29, 1.82) is 0 Å². The van der Waals surface area contributed by atoms with Crippen molar-refractivity contribution in [3.8, 4) is 44.5 Å². The van der Waals surface area contributed by atoms with E-state index in [0.29, 0.717) is 0 Å². The monoisotopic (exact) mass is 695 g/mol. The second kappa shape index (κ2) is 12.5. The lowest BCUT2D eigenvalue weighted by Gasteiger charge is -2.26. The maximum atomic E-state index is 2.40. The predicted molar refractivity (Wildman–Crippen MR) is 228 cm³/mol. The number of anilines is 3. The molecule has 9 aromatic rings. The Balaban J connectivity index is 1.01. The average Bonchev–Trinajstić information content (AvgIpc) is 3.69. The van der Waals surface area contributed by atoms with Gasteiger partial charge in [-0.1, -0.05) is 141 Å². The molecule has 1 aliphatic rings. The fourth-order valence-corrected chi connectivity index (χ4v) is 9.37. The second-order valence-corrected chi connectivity index (χ2v) is 15.7. The number of benzene rings is 8. The third-order valence-electron chi connectivity index (χ3n) is 11.1. The van der Waals surface area contributed by atoms with Crippen LogP contribution in [0.25, 0.3) is 64.7 Å². The lowest BCUT2D eigenvalue weighted by Crippen LogP contribution is -2.14. The van der Waals surface area contributed by atoms with E-state index in [4.69, 9.17) is 0 Å². The highest BCUT2D eigenvalue weighted by Crippen LogP contribution is 2.49. The molecule has 1 aromatic heterocycles. The van der Waals surface area contributed by atoms with Gasteiger partial charge in [-0.05, 0) is 116 Å². The maximum absolute atomic E-state index is 2.40. The van der Waals surface area contributed by atoms with E-state index in [1.165, 1.54) is 75.8 Å². The summed E-state index contributed by atoms with van der Waals surface area (Å²) >= 11 is 1.86. The molecule has 0 atom stereocenters. The van der Waals surface area contributed by atoms with Gasteiger partial charge in [0, 0.05) is 42.6 Å². The van der Waals surface area contributed by atoms with Crippen LogP contribution in [0, 0.1) is 0 Å². The van der Waals surface area contributed by atoms with Gasteiger partial charge in [0.15, 0.2) is 0 Å². The van der Waals surface area contributed by atoms with Gasteiger partial charge < -0.3 is 4.90 Å². The minimum Gasteiger partial charge on any atom is -0.310 e. The normalized spacial score (nSPS) is 12.9. The third-order valence-corrected chi connectivity index (χ3v) is 12.2. The molecule has 0 fully saturated rings. The van der Waals surface area contributed by atoms with Crippen LogP contribution < -0.4 is 4.90 Å². The first kappa shape index (κ1) is 31.5. The Kier molecular flexibility index (Phi) is 7.42. The summed E-state index contributed by atoms with van der Waals surface area (Å²) < 4.78 is 2.60. The molecule has 0 unspecified atom stereocenters. The smallest absolute Gasteiger partial charge is 0.0468 e. The van der Waals surface area contributed by atoms with Crippen molar-refractivity contribution in [2.75, 3.05) is 4.90 Å². The van der Waals surface area contributed by atoms with E-state index in [9.17, 15) is 0 Å². The van der Waals surface area contributed by atoms with Crippen molar-refractivity contribution in [3.63, 3.8) is 0 Å². The number of rotatable bonds is 6. The summed E-state index contributed by atoms with van der Waals surface area (Å²) in [4.78, 5) is 2.37. The van der Waals surface area contributed by atoms with E-state index in [2.05, 4.69) is 207 Å². The summed E-state index contributed by atoms with van der Waals surface area (Å²) in [5.74, 6) is 0. The molecule has 0 saturated carbocycles. The molecule has 0 N–H and O–H groups in total. The molecule has 8 aromatic carbocycles. The van der Waals surface area contributed by atoms with E-state index in [1.807, 2.05) is 11.3 Å². The van der Waals surface area contributed by atoms with E-state index in [0.717, 1.165) is 17.1 Å². The van der Waals surface area contributed by atoms with Gasteiger partial charge in [-0.25, -0.2) is 0 Å². The summed E-state index contributed by atoms with van der Waals surface area (Å²) in [6.07, 6.45) is 0. The molecular formula is C51H37NS. The molecule has 10 rings (SSSR count). The van der Waals surface area contributed by atoms with Crippen LogP contribution in [0.5, 0.6) is 0 Å². The van der Waals surface area contributed by atoms with Crippen molar-refractivity contribution >= 4 is 48.6 Å². The number of nitrogens with zero attached hydrogens (tertiary/aromatic N) is 1. The van der Waals surface area contributed by atoms with Crippen molar-refractivity contribution in [2.45, 2.75) is 19.3 Å². The third kappa shape index (κ3) is 5.37. The summed E-state index contributed by atoms with van der Waals surface area (Å²) in [6.45, 7) is 4.70. The first-order valence-corrected chi connectivity index (χ1v) is 19.2. The molecule has 0 bridgehead atoms. The van der Waals surface area contributed by atoms with Gasteiger partial charge in [0.05, 0.1) is 0 Å². The highest BCUT2D eigenvalue weighted by atomic mass is 32.1. The number of fused-ring (bicyclic) bond motifs is 6. The lowest BCUT2D eigenvalue weighted by molar-refractivity contribution is 0.660. The van der Waals surface area contributed by atoms with Crippen LogP contribution in [-0.2, 0) is 5.41 Å². The molecule has 1 aliphatic carbocycles. The first-order valence-electron chi connectivity index (χ1n) is 18.3. The average molecular weight is 696 g/mol. The van der Waals surface area contributed by atoms with Crippen molar-refractivity contribution < 1.29 is 0 Å². The van der Waals surface area contributed by atoms with Crippen LogP contribution in [0.15, 0.2) is 188 Å². The largest absolute Gasteiger partial charge is 0.310 e. The van der Waals surface area contributed by atoms with Crippen LogP contribution in [0.3, 0.4) is 0 Å². The van der Waals surface area contributed by atoms with Crippen molar-refractivity contribution in [3.05, 3.63) is 199 Å². The summed E-state index contributed by atoms with van der Waals surface area (Å²) in [6, 6.07) is 69.0. The molecule has 1 heterocycles. The van der Waals surface area contributed by atoms with Gasteiger partial charge in [-0.15, -0.1) is 11.3 Å². The van der Waals surface area contributed by atoms with Crippen molar-refractivity contribution in [2.24, 2.45) is 0 Å². The van der Waals surface area contributed by atoms with E-state index in [1.54, 1.807) is 0 Å². The number of para-hydroxylation sites is 1. The van der Waals surface area contributed by atoms with E-state index in [-0.39, 0.29) is 5.41 Å². The topological polar surface area (TPSA) is 3.24 Å². The molecule has 0 saturated heterocycles. The van der Waals surface area contributed by atoms with Gasteiger partial charge in [-0.2, -0.15) is 0 Å². The Morgan fingerprint density at radius 1 is 0.358 bits per heavy atom. The molecule has 0 aliphatic heterocycles. The first-order chi connectivity index (χ1) is 26.0. The minimum atomic E-state index is -0.00914. The number of thiophene rings is 1. The number of hydrogen-bond acceptors (Lipinski definition) is 2. The summed E-state index contributed by atoms with van der Waals surface area (Å²) in [5, 5.41) is 2.57. The van der Waals surface area contributed by atoms with Crippen LogP contribution in [0.1, 0.15) is 25.0 Å². The Labute approximate surface area is 315 Å². The zero-order valence-electron chi connectivity index (χ0n) is 29.8. The van der Waals surface area contributed by atoms with E-state index >= 15 is 0 Å². The summed E-state index contributed by atoms with van der Waals surface area (Å²) in [7, 11) is 0. The van der Waals surface area contributed by atoms with Gasteiger partial charge in [0.25, 0.3) is 0 Å². The maximum Gasteiger partial charge on any atom is 0.0468 e. The molecule has 0 spiro atoms. The number of hydrogen-bond donors (Lipinski definition) is 0. The van der Waals surface area contributed by atoms with Gasteiger partial charge in [-0.3, -0.25) is 0 Å². The highest BCUT2D eigenvalue weighted by molar-refractivity contribution is 7.25. The van der Waals surface area contributed by atoms with Crippen LogP contribution in [-0.4, -0.2) is 0 Å². The molecule has 2 heteroatoms.